The molecular formula is C27H30N2O11S. The Balaban J connectivity index is 0.000000247. The molecule has 220 valence electrons. The second kappa shape index (κ2) is 13.4. The number of fused-ring (bicyclic) bond motifs is 1. The molecule has 14 heteroatoms. The SMILES string of the molecule is COc1ccccc1Oc1c(N)cc(C(=O)N2CCOCC2)cc1OCCO.O=S(=O)(O)c1ccc2c(c1)OCO2. The quantitative estimate of drug-likeness (QED) is 0.259. The van der Waals surface area contributed by atoms with Crippen LogP contribution in [0.4, 0.5) is 5.69 Å². The smallest absolute Gasteiger partial charge is 0.294 e. The van der Waals surface area contributed by atoms with E-state index in [0.29, 0.717) is 54.9 Å². The molecule has 0 radical (unpaired) electrons. The fourth-order valence-corrected chi connectivity index (χ4v) is 4.41. The van der Waals surface area contributed by atoms with Gasteiger partial charge in [0, 0.05) is 24.7 Å². The van der Waals surface area contributed by atoms with E-state index in [9.17, 15) is 13.2 Å². The van der Waals surface area contributed by atoms with Gasteiger partial charge in [0.05, 0.1) is 37.5 Å². The first-order chi connectivity index (χ1) is 19.7. The number of hydrogen-bond donors (Lipinski definition) is 3. The maximum absolute atomic E-state index is 12.8. The van der Waals surface area contributed by atoms with E-state index < -0.39 is 10.1 Å². The van der Waals surface area contributed by atoms with Gasteiger partial charge in [-0.05, 0) is 36.4 Å². The van der Waals surface area contributed by atoms with E-state index in [1.807, 2.05) is 6.07 Å². The van der Waals surface area contributed by atoms with Gasteiger partial charge in [-0.2, -0.15) is 8.42 Å². The van der Waals surface area contributed by atoms with Gasteiger partial charge in [0.25, 0.3) is 16.0 Å². The van der Waals surface area contributed by atoms with E-state index in [1.54, 1.807) is 42.3 Å². The molecule has 3 aromatic rings. The van der Waals surface area contributed by atoms with Crippen LogP contribution in [0.1, 0.15) is 10.4 Å². The van der Waals surface area contributed by atoms with Crippen molar-refractivity contribution in [3.63, 3.8) is 0 Å². The van der Waals surface area contributed by atoms with Gasteiger partial charge in [0.2, 0.25) is 6.79 Å². The minimum absolute atomic E-state index is 0.0386. The normalized spacial score (nSPS) is 14.1. The van der Waals surface area contributed by atoms with Crippen LogP contribution in [0.5, 0.6) is 34.5 Å². The summed E-state index contributed by atoms with van der Waals surface area (Å²) in [7, 11) is -2.62. The van der Waals surface area contributed by atoms with Gasteiger partial charge < -0.3 is 44.2 Å². The first kappa shape index (κ1) is 29.7. The van der Waals surface area contributed by atoms with Crippen molar-refractivity contribution in [3.8, 4) is 34.5 Å². The van der Waals surface area contributed by atoms with Crippen LogP contribution < -0.4 is 29.4 Å². The van der Waals surface area contributed by atoms with Crippen LogP contribution in [0.25, 0.3) is 0 Å². The summed E-state index contributed by atoms with van der Waals surface area (Å²) in [6, 6.07) is 14.2. The molecule has 0 saturated carbocycles. The third kappa shape index (κ3) is 7.49. The van der Waals surface area contributed by atoms with Crippen LogP contribution in [0.3, 0.4) is 0 Å². The highest BCUT2D eigenvalue weighted by molar-refractivity contribution is 7.85. The third-order valence-electron chi connectivity index (χ3n) is 5.90. The number of amides is 1. The molecule has 2 aliphatic heterocycles. The predicted octanol–water partition coefficient (Wildman–Crippen LogP) is 2.58. The number of benzene rings is 3. The number of aliphatic hydroxyl groups is 1. The largest absolute Gasteiger partial charge is 0.493 e. The number of nitrogens with two attached hydrogens (primary N) is 1. The molecule has 5 rings (SSSR count). The number of hydrogen-bond acceptors (Lipinski definition) is 11. The monoisotopic (exact) mass is 590 g/mol. The van der Waals surface area contributed by atoms with Gasteiger partial charge >= 0.3 is 0 Å². The number of morpholine rings is 1. The topological polar surface area (TPSA) is 176 Å². The second-order valence-electron chi connectivity index (χ2n) is 8.61. The maximum atomic E-state index is 12.8. The van der Waals surface area contributed by atoms with Gasteiger partial charge in [0.1, 0.15) is 6.61 Å². The fraction of sp³-hybridized carbons (Fsp3) is 0.296. The van der Waals surface area contributed by atoms with Crippen molar-refractivity contribution in [1.29, 1.82) is 0 Å². The second-order valence-corrected chi connectivity index (χ2v) is 10.0. The lowest BCUT2D eigenvalue weighted by Crippen LogP contribution is -2.40. The lowest BCUT2D eigenvalue weighted by molar-refractivity contribution is 0.0302. The Kier molecular flexibility index (Phi) is 9.73. The summed E-state index contributed by atoms with van der Waals surface area (Å²) in [5, 5.41) is 9.14. The zero-order valence-corrected chi connectivity index (χ0v) is 23.0. The molecule has 1 fully saturated rings. The third-order valence-corrected chi connectivity index (χ3v) is 6.75. The van der Waals surface area contributed by atoms with E-state index in [4.69, 9.17) is 43.8 Å². The van der Waals surface area contributed by atoms with E-state index in [1.165, 1.54) is 18.2 Å². The van der Waals surface area contributed by atoms with Crippen LogP contribution in [0.15, 0.2) is 59.5 Å². The predicted molar refractivity (Wildman–Crippen MR) is 146 cm³/mol. The van der Waals surface area contributed by atoms with Gasteiger partial charge in [-0.3, -0.25) is 9.35 Å². The lowest BCUT2D eigenvalue weighted by Gasteiger charge is -2.27. The van der Waals surface area contributed by atoms with Gasteiger partial charge in [-0.1, -0.05) is 12.1 Å². The molecule has 0 spiro atoms. The minimum Gasteiger partial charge on any atom is -0.493 e. The number of carbonyl (C=O) groups is 1. The molecule has 0 aromatic heterocycles. The Morgan fingerprint density at radius 1 is 1.00 bits per heavy atom. The zero-order chi connectivity index (χ0) is 29.4. The average molecular weight is 591 g/mol. The number of ether oxygens (including phenoxy) is 6. The van der Waals surface area contributed by atoms with Crippen molar-refractivity contribution < 1.29 is 51.3 Å². The maximum Gasteiger partial charge on any atom is 0.294 e. The van der Waals surface area contributed by atoms with E-state index >= 15 is 0 Å². The van der Waals surface area contributed by atoms with Crippen molar-refractivity contribution >= 4 is 21.7 Å². The Hall–Kier alpha value is -4.24. The summed E-state index contributed by atoms with van der Waals surface area (Å²) in [6.45, 7) is 1.97. The highest BCUT2D eigenvalue weighted by Crippen LogP contribution is 2.41. The first-order valence-corrected chi connectivity index (χ1v) is 13.9. The summed E-state index contributed by atoms with van der Waals surface area (Å²) in [5.41, 5.74) is 6.83. The van der Waals surface area contributed by atoms with Crippen LogP contribution in [0, 0.1) is 0 Å². The molecule has 0 aliphatic carbocycles. The van der Waals surface area contributed by atoms with Crippen LogP contribution in [0.2, 0.25) is 0 Å². The number of nitrogen functional groups attached to an aromatic ring is 1. The highest BCUT2D eigenvalue weighted by Gasteiger charge is 2.23. The summed E-state index contributed by atoms with van der Waals surface area (Å²) in [5.74, 6) is 2.17. The number of aliphatic hydroxyl groups excluding tert-OH is 1. The summed E-state index contributed by atoms with van der Waals surface area (Å²) >= 11 is 0. The van der Waals surface area contributed by atoms with E-state index in [0.717, 1.165) is 0 Å². The number of carbonyl (C=O) groups excluding carboxylic acids is 1. The Morgan fingerprint density at radius 2 is 1.71 bits per heavy atom. The molecular weight excluding hydrogens is 560 g/mol. The van der Waals surface area contributed by atoms with E-state index in [-0.39, 0.29) is 48.0 Å². The minimum atomic E-state index is -4.16. The zero-order valence-electron chi connectivity index (χ0n) is 22.1. The van der Waals surface area contributed by atoms with E-state index in [2.05, 4.69) is 0 Å². The molecule has 0 unspecified atom stereocenters. The van der Waals surface area contributed by atoms with Crippen LogP contribution in [-0.4, -0.2) is 82.3 Å². The number of nitrogens with zero attached hydrogens (tertiary/aromatic N) is 1. The molecule has 3 aromatic carbocycles. The van der Waals surface area contributed by atoms with Gasteiger partial charge in [-0.25, -0.2) is 0 Å². The number of rotatable bonds is 8. The number of methoxy groups -OCH3 is 1. The lowest BCUT2D eigenvalue weighted by atomic mass is 10.1. The molecule has 2 heterocycles. The summed E-state index contributed by atoms with van der Waals surface area (Å²) in [4.78, 5) is 14.3. The van der Waals surface area contributed by atoms with Crippen molar-refractivity contribution in [2.24, 2.45) is 0 Å². The summed E-state index contributed by atoms with van der Waals surface area (Å²) < 4.78 is 62.1. The van der Waals surface area contributed by atoms with Crippen LogP contribution in [-0.2, 0) is 14.9 Å². The van der Waals surface area contributed by atoms with Crippen molar-refractivity contribution in [1.82, 2.24) is 4.90 Å². The van der Waals surface area contributed by atoms with Crippen molar-refractivity contribution in [2.45, 2.75) is 4.90 Å². The molecule has 1 saturated heterocycles. The Bertz CT molecular complexity index is 1470. The molecule has 2 aliphatic rings. The highest BCUT2D eigenvalue weighted by atomic mass is 32.2. The molecule has 0 atom stereocenters. The standard InChI is InChI=1S/C20H24N2O6.C7H6O5S/c1-25-16-4-2-3-5-17(16)28-19-15(21)12-14(13-18(19)27-11-8-23)20(24)22-6-9-26-10-7-22;8-13(9,10)5-1-2-6-7(3-5)12-4-11-6/h2-5,12-13,23H,6-11,21H2,1H3;1-3H,4H2,(H,8,9,10). The fourth-order valence-electron chi connectivity index (χ4n) is 3.92. The van der Waals surface area contributed by atoms with Crippen molar-refractivity contribution in [3.05, 3.63) is 60.2 Å². The molecule has 41 heavy (non-hydrogen) atoms. The van der Waals surface area contributed by atoms with Gasteiger partial charge in [-0.15, -0.1) is 0 Å². The average Bonchev–Trinajstić information content (AvgIpc) is 3.46. The Morgan fingerprint density at radius 3 is 2.39 bits per heavy atom. The van der Waals surface area contributed by atoms with Crippen molar-refractivity contribution in [2.75, 3.05) is 59.2 Å². The van der Waals surface area contributed by atoms with Crippen LogP contribution >= 0.6 is 0 Å². The molecule has 0 bridgehead atoms. The number of para-hydroxylation sites is 2. The first-order valence-electron chi connectivity index (χ1n) is 12.4. The number of anilines is 1. The summed E-state index contributed by atoms with van der Waals surface area (Å²) in [6.07, 6.45) is 0. The Labute approximate surface area is 236 Å². The molecule has 4 N–H and O–H groups in total. The molecule has 1 amide bonds. The van der Waals surface area contributed by atoms with Gasteiger partial charge in [0.15, 0.2) is 34.5 Å². The molecule has 13 nitrogen and oxygen atoms in total.